The van der Waals surface area contributed by atoms with Crippen molar-refractivity contribution in [3.8, 4) is 11.5 Å². The van der Waals surface area contributed by atoms with E-state index in [-0.39, 0.29) is 5.78 Å². The molecule has 0 bridgehead atoms. The summed E-state index contributed by atoms with van der Waals surface area (Å²) in [6.45, 7) is 4.00. The fourth-order valence-electron chi connectivity index (χ4n) is 2.48. The maximum atomic E-state index is 11.9. The monoisotopic (exact) mass is 294 g/mol. The Labute approximate surface area is 125 Å². The number of esters is 1. The SMILES string of the molecule is CC.COC(=O)C1C(=O)CCc2c1ccc(OC)c2OC. The highest BCUT2D eigenvalue weighted by molar-refractivity contribution is 6.06. The van der Waals surface area contributed by atoms with Crippen molar-refractivity contribution in [2.24, 2.45) is 0 Å². The third-order valence-electron chi connectivity index (χ3n) is 3.38. The maximum Gasteiger partial charge on any atom is 0.320 e. The first-order valence-electron chi connectivity index (χ1n) is 6.98. The van der Waals surface area contributed by atoms with Crippen molar-refractivity contribution in [1.29, 1.82) is 0 Å². The van der Waals surface area contributed by atoms with E-state index >= 15 is 0 Å². The van der Waals surface area contributed by atoms with Crippen LogP contribution in [0.2, 0.25) is 0 Å². The molecule has 1 aromatic rings. The lowest BCUT2D eigenvalue weighted by Gasteiger charge is -2.25. The van der Waals surface area contributed by atoms with Crippen LogP contribution in [0.3, 0.4) is 0 Å². The van der Waals surface area contributed by atoms with E-state index in [0.717, 1.165) is 5.56 Å². The molecule has 0 heterocycles. The van der Waals surface area contributed by atoms with Crippen LogP contribution < -0.4 is 9.47 Å². The van der Waals surface area contributed by atoms with Crippen molar-refractivity contribution in [1.82, 2.24) is 0 Å². The lowest BCUT2D eigenvalue weighted by atomic mass is 9.81. The van der Waals surface area contributed by atoms with Gasteiger partial charge in [-0.15, -0.1) is 0 Å². The Morgan fingerprint density at radius 3 is 2.29 bits per heavy atom. The molecule has 0 aliphatic heterocycles. The van der Waals surface area contributed by atoms with Gasteiger partial charge in [-0.25, -0.2) is 0 Å². The lowest BCUT2D eigenvalue weighted by molar-refractivity contribution is -0.146. The molecule has 2 rings (SSSR count). The number of rotatable bonds is 3. The Hall–Kier alpha value is -2.04. The van der Waals surface area contributed by atoms with Gasteiger partial charge in [0.05, 0.1) is 21.3 Å². The first kappa shape index (κ1) is 17.0. The molecule has 0 fully saturated rings. The molecule has 1 unspecified atom stereocenters. The Morgan fingerprint density at radius 1 is 1.10 bits per heavy atom. The lowest BCUT2D eigenvalue weighted by Crippen LogP contribution is -2.28. The van der Waals surface area contributed by atoms with E-state index in [2.05, 4.69) is 0 Å². The van der Waals surface area contributed by atoms with Gasteiger partial charge in [0.1, 0.15) is 5.92 Å². The molecule has 0 aromatic heterocycles. The third kappa shape index (κ3) is 3.17. The standard InChI is InChI=1S/C14H16O5.C2H6/c1-17-11-7-5-8-9(13(11)18-2)4-6-10(15)12(8)14(16)19-3;1-2/h5,7,12H,4,6H2,1-3H3;1-2H3. The van der Waals surface area contributed by atoms with Crippen LogP contribution in [-0.4, -0.2) is 33.1 Å². The Kier molecular flexibility index (Phi) is 6.21. The minimum atomic E-state index is -0.853. The second-order valence-corrected chi connectivity index (χ2v) is 4.29. The second kappa shape index (κ2) is 7.67. The number of hydrogen-bond acceptors (Lipinski definition) is 5. The van der Waals surface area contributed by atoms with Gasteiger partial charge in [0.2, 0.25) is 0 Å². The molecule has 1 atom stereocenters. The summed E-state index contributed by atoms with van der Waals surface area (Å²) in [5, 5.41) is 0. The maximum absolute atomic E-state index is 11.9. The van der Waals surface area contributed by atoms with Crippen LogP contribution in [0.5, 0.6) is 11.5 Å². The Balaban J connectivity index is 0.00000106. The van der Waals surface area contributed by atoms with E-state index in [9.17, 15) is 9.59 Å². The molecule has 5 nitrogen and oxygen atoms in total. The summed E-state index contributed by atoms with van der Waals surface area (Å²) < 4.78 is 15.3. The summed E-state index contributed by atoms with van der Waals surface area (Å²) >= 11 is 0. The average molecular weight is 294 g/mol. The van der Waals surface area contributed by atoms with Gasteiger partial charge in [-0.3, -0.25) is 9.59 Å². The van der Waals surface area contributed by atoms with Gasteiger partial charge >= 0.3 is 5.97 Å². The molecule has 0 radical (unpaired) electrons. The van der Waals surface area contributed by atoms with Gasteiger partial charge in [-0.05, 0) is 18.1 Å². The number of methoxy groups -OCH3 is 3. The number of Topliss-reactive ketones (excluding diaryl/α,β-unsaturated/α-hetero) is 1. The number of ether oxygens (including phenoxy) is 3. The van der Waals surface area contributed by atoms with Gasteiger partial charge < -0.3 is 14.2 Å². The molecule has 21 heavy (non-hydrogen) atoms. The molecule has 1 aromatic carbocycles. The Bertz CT molecular complexity index is 522. The number of carbonyl (C=O) groups is 2. The molecule has 116 valence electrons. The first-order valence-corrected chi connectivity index (χ1v) is 6.98. The minimum absolute atomic E-state index is 0.119. The van der Waals surface area contributed by atoms with Gasteiger partial charge in [0.15, 0.2) is 17.3 Å². The minimum Gasteiger partial charge on any atom is -0.493 e. The van der Waals surface area contributed by atoms with Crippen LogP contribution in [0.15, 0.2) is 12.1 Å². The molecule has 1 aliphatic rings. The van der Waals surface area contributed by atoms with Gasteiger partial charge in [0, 0.05) is 12.0 Å². The zero-order chi connectivity index (χ0) is 16.0. The highest BCUT2D eigenvalue weighted by Crippen LogP contribution is 2.40. The summed E-state index contributed by atoms with van der Waals surface area (Å²) in [6, 6.07) is 3.43. The van der Waals surface area contributed by atoms with E-state index in [1.54, 1.807) is 26.4 Å². The molecule has 0 saturated carbocycles. The molecule has 5 heteroatoms. The molecule has 0 saturated heterocycles. The number of benzene rings is 1. The zero-order valence-corrected chi connectivity index (χ0v) is 13.2. The van der Waals surface area contributed by atoms with Crippen LogP contribution in [-0.2, 0) is 20.7 Å². The van der Waals surface area contributed by atoms with Crippen LogP contribution in [0.25, 0.3) is 0 Å². The second-order valence-electron chi connectivity index (χ2n) is 4.29. The van der Waals surface area contributed by atoms with Crippen molar-refractivity contribution >= 4 is 11.8 Å². The van der Waals surface area contributed by atoms with Crippen molar-refractivity contribution in [3.05, 3.63) is 23.3 Å². The summed E-state index contributed by atoms with van der Waals surface area (Å²) in [7, 11) is 4.38. The topological polar surface area (TPSA) is 61.8 Å². The third-order valence-corrected chi connectivity index (χ3v) is 3.38. The number of hydrogen-bond donors (Lipinski definition) is 0. The molecular formula is C16H22O5. The van der Waals surface area contributed by atoms with E-state index in [0.29, 0.717) is 29.9 Å². The fraction of sp³-hybridized carbons (Fsp3) is 0.500. The molecule has 0 spiro atoms. The van der Waals surface area contributed by atoms with Crippen molar-refractivity contribution in [2.45, 2.75) is 32.6 Å². The first-order chi connectivity index (χ1) is 10.1. The van der Waals surface area contributed by atoms with E-state index < -0.39 is 11.9 Å². The summed E-state index contributed by atoms with van der Waals surface area (Å²) in [6.07, 6.45) is 0.846. The quantitative estimate of drug-likeness (QED) is 0.633. The highest BCUT2D eigenvalue weighted by Gasteiger charge is 2.36. The van der Waals surface area contributed by atoms with E-state index in [1.807, 2.05) is 13.8 Å². The number of fused-ring (bicyclic) bond motifs is 1. The summed E-state index contributed by atoms with van der Waals surface area (Å²) in [5.74, 6) is -0.320. The van der Waals surface area contributed by atoms with E-state index in [1.165, 1.54) is 7.11 Å². The van der Waals surface area contributed by atoms with Gasteiger partial charge in [-0.2, -0.15) is 0 Å². The fourth-order valence-corrected chi connectivity index (χ4v) is 2.48. The van der Waals surface area contributed by atoms with Gasteiger partial charge in [0.25, 0.3) is 0 Å². The van der Waals surface area contributed by atoms with Crippen molar-refractivity contribution < 1.29 is 23.8 Å². The predicted octanol–water partition coefficient (Wildman–Crippen LogP) is 2.50. The predicted molar refractivity (Wildman–Crippen MR) is 79.0 cm³/mol. The largest absolute Gasteiger partial charge is 0.493 e. The van der Waals surface area contributed by atoms with Crippen molar-refractivity contribution in [2.75, 3.05) is 21.3 Å². The molecular weight excluding hydrogens is 272 g/mol. The smallest absolute Gasteiger partial charge is 0.320 e. The van der Waals surface area contributed by atoms with Crippen molar-refractivity contribution in [3.63, 3.8) is 0 Å². The summed E-state index contributed by atoms with van der Waals surface area (Å²) in [4.78, 5) is 23.7. The average Bonchev–Trinajstić information content (AvgIpc) is 2.54. The zero-order valence-electron chi connectivity index (χ0n) is 13.2. The molecule has 1 aliphatic carbocycles. The molecule has 0 N–H and O–H groups in total. The number of ketones is 1. The van der Waals surface area contributed by atoms with Crippen LogP contribution in [0, 0.1) is 0 Å². The number of carbonyl (C=O) groups excluding carboxylic acids is 2. The Morgan fingerprint density at radius 2 is 1.76 bits per heavy atom. The highest BCUT2D eigenvalue weighted by atomic mass is 16.5. The summed E-state index contributed by atoms with van der Waals surface area (Å²) in [5.41, 5.74) is 1.50. The van der Waals surface area contributed by atoms with Crippen LogP contribution >= 0.6 is 0 Å². The normalized spacial score (nSPS) is 16.2. The van der Waals surface area contributed by atoms with Gasteiger partial charge in [-0.1, -0.05) is 19.9 Å². The van der Waals surface area contributed by atoms with E-state index in [4.69, 9.17) is 14.2 Å². The van der Waals surface area contributed by atoms with Crippen LogP contribution in [0.4, 0.5) is 0 Å². The van der Waals surface area contributed by atoms with Crippen LogP contribution in [0.1, 0.15) is 37.3 Å². The molecule has 0 amide bonds.